The maximum absolute atomic E-state index is 12.1. The number of Topliss-reactive ketones (excluding diaryl/α,β-unsaturated/α-hetero) is 1. The molecular formula is C26H42O4. The van der Waals surface area contributed by atoms with Gasteiger partial charge in [-0.1, -0.05) is 84.0 Å². The molecule has 0 saturated carbocycles. The van der Waals surface area contributed by atoms with Crippen molar-refractivity contribution in [3.63, 3.8) is 0 Å². The Labute approximate surface area is 183 Å². The van der Waals surface area contributed by atoms with Gasteiger partial charge in [-0.05, 0) is 30.7 Å². The third-order valence-corrected chi connectivity index (χ3v) is 5.49. The van der Waals surface area contributed by atoms with Crippen LogP contribution in [0.25, 0.3) is 0 Å². The summed E-state index contributed by atoms with van der Waals surface area (Å²) in [7, 11) is 1.59. The fraction of sp³-hybridized carbons (Fsp3) is 0.692. The number of rotatable bonds is 19. The molecule has 1 aromatic carbocycles. The van der Waals surface area contributed by atoms with Crippen LogP contribution in [0, 0.1) is 0 Å². The zero-order valence-corrected chi connectivity index (χ0v) is 19.3. The number of unbranched alkanes of at least 4 members (excludes halogenated alkanes) is 12. The van der Waals surface area contributed by atoms with E-state index in [9.17, 15) is 9.59 Å². The number of carbonyl (C=O) groups is 2. The first-order valence-corrected chi connectivity index (χ1v) is 12.0. The topological polar surface area (TPSA) is 52.6 Å². The first-order chi connectivity index (χ1) is 14.7. The minimum atomic E-state index is -0.194. The molecule has 0 bridgehead atoms. The van der Waals surface area contributed by atoms with E-state index in [0.717, 1.165) is 18.6 Å². The Hall–Kier alpha value is -1.84. The first-order valence-electron chi connectivity index (χ1n) is 12.0. The standard InChI is InChI=1S/C26H42O4/c1-3-4-5-6-7-8-9-10-11-12-13-14-15-16-26(28)30-22-21-25(27)23-17-19-24(29-2)20-18-23/h17-20H,3-16,21-22H2,1-2H3. The van der Waals surface area contributed by atoms with Gasteiger partial charge in [0.1, 0.15) is 5.75 Å². The molecule has 0 aromatic heterocycles. The highest BCUT2D eigenvalue weighted by atomic mass is 16.5. The second kappa shape index (κ2) is 18.0. The summed E-state index contributed by atoms with van der Waals surface area (Å²) < 4.78 is 10.3. The predicted molar refractivity (Wildman–Crippen MR) is 123 cm³/mol. The van der Waals surface area contributed by atoms with E-state index in [-0.39, 0.29) is 24.8 Å². The van der Waals surface area contributed by atoms with Gasteiger partial charge in [0, 0.05) is 18.4 Å². The zero-order chi connectivity index (χ0) is 21.9. The monoisotopic (exact) mass is 418 g/mol. The number of carbonyl (C=O) groups excluding carboxylic acids is 2. The van der Waals surface area contributed by atoms with Gasteiger partial charge in [-0.3, -0.25) is 9.59 Å². The summed E-state index contributed by atoms with van der Waals surface area (Å²) in [6, 6.07) is 6.98. The Morgan fingerprint density at radius 1 is 0.700 bits per heavy atom. The minimum Gasteiger partial charge on any atom is -0.497 e. The van der Waals surface area contributed by atoms with Crippen molar-refractivity contribution in [2.24, 2.45) is 0 Å². The lowest BCUT2D eigenvalue weighted by Gasteiger charge is -2.06. The second-order valence-corrected chi connectivity index (χ2v) is 8.11. The summed E-state index contributed by atoms with van der Waals surface area (Å²) in [6.07, 6.45) is 17.4. The van der Waals surface area contributed by atoms with Gasteiger partial charge in [0.2, 0.25) is 0 Å². The zero-order valence-electron chi connectivity index (χ0n) is 19.3. The van der Waals surface area contributed by atoms with Gasteiger partial charge in [0.05, 0.1) is 13.7 Å². The fourth-order valence-electron chi connectivity index (χ4n) is 3.54. The Morgan fingerprint density at radius 2 is 1.20 bits per heavy atom. The van der Waals surface area contributed by atoms with Crippen LogP contribution >= 0.6 is 0 Å². The molecule has 0 atom stereocenters. The number of ether oxygens (including phenoxy) is 2. The van der Waals surface area contributed by atoms with E-state index in [1.807, 2.05) is 0 Å². The summed E-state index contributed by atoms with van der Waals surface area (Å²) in [6.45, 7) is 2.42. The molecule has 0 spiro atoms. The van der Waals surface area contributed by atoms with E-state index in [0.29, 0.717) is 12.0 Å². The summed E-state index contributed by atoms with van der Waals surface area (Å²) in [4.78, 5) is 23.9. The van der Waals surface area contributed by atoms with Gasteiger partial charge < -0.3 is 9.47 Å². The van der Waals surface area contributed by atoms with E-state index in [4.69, 9.17) is 9.47 Å². The van der Waals surface area contributed by atoms with Crippen LogP contribution in [0.4, 0.5) is 0 Å². The molecule has 0 aliphatic heterocycles. The predicted octanol–water partition coefficient (Wildman–Crippen LogP) is 7.29. The lowest BCUT2D eigenvalue weighted by molar-refractivity contribution is -0.143. The molecule has 4 nitrogen and oxygen atoms in total. The van der Waals surface area contributed by atoms with Crippen molar-refractivity contribution in [1.82, 2.24) is 0 Å². The van der Waals surface area contributed by atoms with Gasteiger partial charge in [-0.15, -0.1) is 0 Å². The van der Waals surface area contributed by atoms with Crippen molar-refractivity contribution in [2.75, 3.05) is 13.7 Å². The third kappa shape index (κ3) is 13.4. The number of hydrogen-bond acceptors (Lipinski definition) is 4. The lowest BCUT2D eigenvalue weighted by Crippen LogP contribution is -2.10. The molecule has 0 fully saturated rings. The number of benzene rings is 1. The minimum absolute atomic E-state index is 0.0218. The van der Waals surface area contributed by atoms with Gasteiger partial charge in [-0.2, -0.15) is 0 Å². The van der Waals surface area contributed by atoms with Crippen molar-refractivity contribution < 1.29 is 19.1 Å². The SMILES string of the molecule is CCCCCCCCCCCCCCCC(=O)OCCC(=O)c1ccc(OC)cc1. The van der Waals surface area contributed by atoms with Gasteiger partial charge in [0.25, 0.3) is 0 Å². The quantitative estimate of drug-likeness (QED) is 0.134. The summed E-state index contributed by atoms with van der Waals surface area (Å²) in [5.74, 6) is 0.503. The fourth-order valence-corrected chi connectivity index (χ4v) is 3.54. The highest BCUT2D eigenvalue weighted by molar-refractivity contribution is 5.96. The molecule has 1 rings (SSSR count). The van der Waals surface area contributed by atoms with E-state index in [1.54, 1.807) is 31.4 Å². The van der Waals surface area contributed by atoms with Gasteiger partial charge in [-0.25, -0.2) is 0 Å². The molecule has 0 aliphatic rings. The van der Waals surface area contributed by atoms with Crippen molar-refractivity contribution in [3.8, 4) is 5.75 Å². The number of ketones is 1. The molecule has 30 heavy (non-hydrogen) atoms. The van der Waals surface area contributed by atoms with Crippen LogP contribution in [0.5, 0.6) is 5.75 Å². The van der Waals surface area contributed by atoms with Crippen LogP contribution in [0.15, 0.2) is 24.3 Å². The van der Waals surface area contributed by atoms with Crippen LogP contribution in [-0.2, 0) is 9.53 Å². The largest absolute Gasteiger partial charge is 0.497 e. The molecule has 4 heteroatoms. The number of esters is 1. The molecule has 0 amide bonds. The highest BCUT2D eigenvalue weighted by Crippen LogP contribution is 2.14. The Kier molecular flexibility index (Phi) is 15.7. The van der Waals surface area contributed by atoms with Crippen molar-refractivity contribution in [1.29, 1.82) is 0 Å². The average molecular weight is 419 g/mol. The summed E-state index contributed by atoms with van der Waals surface area (Å²) >= 11 is 0. The molecule has 1 aromatic rings. The summed E-state index contributed by atoms with van der Waals surface area (Å²) in [5.41, 5.74) is 0.614. The Morgan fingerprint density at radius 3 is 1.70 bits per heavy atom. The van der Waals surface area contributed by atoms with Gasteiger partial charge >= 0.3 is 5.97 Å². The molecule has 0 saturated heterocycles. The Bertz CT molecular complexity index is 565. The van der Waals surface area contributed by atoms with Crippen LogP contribution < -0.4 is 4.74 Å². The van der Waals surface area contributed by atoms with E-state index >= 15 is 0 Å². The summed E-state index contributed by atoms with van der Waals surface area (Å²) in [5, 5.41) is 0. The number of methoxy groups -OCH3 is 1. The molecule has 0 heterocycles. The maximum atomic E-state index is 12.1. The number of hydrogen-bond donors (Lipinski definition) is 0. The molecule has 0 aliphatic carbocycles. The van der Waals surface area contributed by atoms with Crippen molar-refractivity contribution >= 4 is 11.8 Å². The van der Waals surface area contributed by atoms with Crippen LogP contribution in [0.2, 0.25) is 0 Å². The highest BCUT2D eigenvalue weighted by Gasteiger charge is 2.08. The van der Waals surface area contributed by atoms with E-state index in [2.05, 4.69) is 6.92 Å². The van der Waals surface area contributed by atoms with E-state index in [1.165, 1.54) is 70.6 Å². The molecular weight excluding hydrogens is 376 g/mol. The normalized spacial score (nSPS) is 10.7. The maximum Gasteiger partial charge on any atom is 0.305 e. The van der Waals surface area contributed by atoms with Crippen LogP contribution in [-0.4, -0.2) is 25.5 Å². The van der Waals surface area contributed by atoms with Crippen molar-refractivity contribution in [3.05, 3.63) is 29.8 Å². The molecule has 0 radical (unpaired) electrons. The first kappa shape index (κ1) is 26.2. The smallest absolute Gasteiger partial charge is 0.305 e. The van der Waals surface area contributed by atoms with Gasteiger partial charge in [0.15, 0.2) is 5.78 Å². The molecule has 0 N–H and O–H groups in total. The Balaban J connectivity index is 1.91. The lowest BCUT2D eigenvalue weighted by atomic mass is 10.0. The second-order valence-electron chi connectivity index (χ2n) is 8.11. The van der Waals surface area contributed by atoms with Crippen LogP contribution in [0.3, 0.4) is 0 Å². The average Bonchev–Trinajstić information content (AvgIpc) is 2.77. The molecule has 0 unspecified atom stereocenters. The third-order valence-electron chi connectivity index (χ3n) is 5.49. The van der Waals surface area contributed by atoms with Crippen molar-refractivity contribution in [2.45, 2.75) is 103 Å². The van der Waals surface area contributed by atoms with E-state index < -0.39 is 0 Å². The molecule has 170 valence electrons. The van der Waals surface area contributed by atoms with Crippen LogP contribution in [0.1, 0.15) is 114 Å².